The van der Waals surface area contributed by atoms with E-state index in [2.05, 4.69) is 47.5 Å². The molecule has 3 unspecified atom stereocenters. The van der Waals surface area contributed by atoms with Gasteiger partial charge in [0.25, 0.3) is 0 Å². The molecule has 2 saturated heterocycles. The van der Waals surface area contributed by atoms with Gasteiger partial charge in [-0.25, -0.2) is 0 Å². The summed E-state index contributed by atoms with van der Waals surface area (Å²) in [4.78, 5) is 14.8. The Morgan fingerprint density at radius 1 is 1.30 bits per heavy atom. The largest absolute Gasteiger partial charge is 0.339 e. The molecule has 2 aliphatic heterocycles. The molecule has 2 aliphatic rings. The van der Waals surface area contributed by atoms with E-state index in [0.717, 1.165) is 38.9 Å². The Bertz CT molecular complexity index is 453. The maximum Gasteiger partial charge on any atom is 0.227 e. The molecular weight excluding hydrogens is 248 g/mol. The van der Waals surface area contributed by atoms with Crippen LogP contribution in [-0.2, 0) is 4.79 Å². The lowest BCUT2D eigenvalue weighted by Crippen LogP contribution is -2.44. The van der Waals surface area contributed by atoms with Gasteiger partial charge in [-0.15, -0.1) is 0 Å². The number of rotatable bonds is 2. The van der Waals surface area contributed by atoms with E-state index in [0.29, 0.717) is 17.9 Å². The summed E-state index contributed by atoms with van der Waals surface area (Å²) in [6.45, 7) is 5.00. The van der Waals surface area contributed by atoms with Crippen molar-refractivity contribution < 1.29 is 4.79 Å². The first kappa shape index (κ1) is 13.6. The maximum absolute atomic E-state index is 12.7. The van der Waals surface area contributed by atoms with Crippen LogP contribution in [0.2, 0.25) is 0 Å². The summed E-state index contributed by atoms with van der Waals surface area (Å²) in [5, 5.41) is 3.35. The van der Waals surface area contributed by atoms with Crippen LogP contribution in [0.25, 0.3) is 0 Å². The first-order valence-electron chi connectivity index (χ1n) is 7.82. The van der Waals surface area contributed by atoms with E-state index in [-0.39, 0.29) is 5.92 Å². The molecule has 3 heteroatoms. The average molecular weight is 272 g/mol. The van der Waals surface area contributed by atoms with Gasteiger partial charge >= 0.3 is 0 Å². The molecule has 0 radical (unpaired) electrons. The summed E-state index contributed by atoms with van der Waals surface area (Å²) in [6, 6.07) is 11.0. The number of nitrogens with zero attached hydrogens (tertiary/aromatic N) is 1. The van der Waals surface area contributed by atoms with Crippen molar-refractivity contribution in [2.45, 2.75) is 38.1 Å². The van der Waals surface area contributed by atoms with Crippen molar-refractivity contribution in [3.05, 3.63) is 35.9 Å². The maximum atomic E-state index is 12.7. The molecule has 3 rings (SSSR count). The molecule has 3 atom stereocenters. The van der Waals surface area contributed by atoms with Crippen LogP contribution in [0.3, 0.4) is 0 Å². The lowest BCUT2D eigenvalue weighted by molar-refractivity contribution is -0.136. The van der Waals surface area contributed by atoms with E-state index in [1.54, 1.807) is 0 Å². The van der Waals surface area contributed by atoms with Crippen molar-refractivity contribution in [3.63, 3.8) is 0 Å². The highest BCUT2D eigenvalue weighted by Crippen LogP contribution is 2.32. The highest BCUT2D eigenvalue weighted by Gasteiger charge is 2.36. The van der Waals surface area contributed by atoms with E-state index in [1.807, 2.05) is 0 Å². The minimum atomic E-state index is 0.195. The SMILES string of the molecule is CC1CC(c2ccccc2)CN1C(=O)C1CCCNC1. The number of hydrogen-bond acceptors (Lipinski definition) is 2. The lowest BCUT2D eigenvalue weighted by atomic mass is 9.97. The minimum absolute atomic E-state index is 0.195. The van der Waals surface area contributed by atoms with Gasteiger partial charge in [0.2, 0.25) is 5.91 Å². The topological polar surface area (TPSA) is 32.3 Å². The number of likely N-dealkylation sites (tertiary alicyclic amines) is 1. The molecule has 108 valence electrons. The van der Waals surface area contributed by atoms with E-state index < -0.39 is 0 Å². The standard InChI is InChI=1S/C17H24N2O/c1-13-10-16(14-6-3-2-4-7-14)12-19(13)17(20)15-8-5-9-18-11-15/h2-4,6-7,13,15-16,18H,5,8-12H2,1H3. The number of hydrogen-bond donors (Lipinski definition) is 1. The van der Waals surface area contributed by atoms with Gasteiger partial charge in [0.15, 0.2) is 0 Å². The number of carbonyl (C=O) groups excluding carboxylic acids is 1. The second kappa shape index (κ2) is 5.96. The molecule has 0 bridgehead atoms. The first-order valence-corrected chi connectivity index (χ1v) is 7.82. The summed E-state index contributed by atoms with van der Waals surface area (Å²) in [5.41, 5.74) is 1.37. The van der Waals surface area contributed by atoms with Crippen LogP contribution >= 0.6 is 0 Å². The Morgan fingerprint density at radius 3 is 2.80 bits per heavy atom. The van der Waals surface area contributed by atoms with E-state index >= 15 is 0 Å². The molecule has 2 heterocycles. The molecule has 0 spiro atoms. The number of carbonyl (C=O) groups is 1. The van der Waals surface area contributed by atoms with Crippen LogP contribution in [0.4, 0.5) is 0 Å². The van der Waals surface area contributed by atoms with Gasteiger partial charge in [-0.05, 0) is 38.3 Å². The van der Waals surface area contributed by atoms with Crippen molar-refractivity contribution in [1.82, 2.24) is 10.2 Å². The molecule has 1 aromatic carbocycles. The third-order valence-electron chi connectivity index (χ3n) is 4.77. The Balaban J connectivity index is 1.67. The summed E-state index contributed by atoms with van der Waals surface area (Å²) in [6.07, 6.45) is 3.27. The van der Waals surface area contributed by atoms with Crippen LogP contribution in [0, 0.1) is 5.92 Å². The van der Waals surface area contributed by atoms with Crippen molar-refractivity contribution in [1.29, 1.82) is 0 Å². The van der Waals surface area contributed by atoms with Gasteiger partial charge in [0.05, 0.1) is 5.92 Å². The smallest absolute Gasteiger partial charge is 0.227 e. The Hall–Kier alpha value is -1.35. The monoisotopic (exact) mass is 272 g/mol. The normalized spacial score (nSPS) is 30.4. The van der Waals surface area contributed by atoms with Gasteiger partial charge < -0.3 is 10.2 Å². The van der Waals surface area contributed by atoms with E-state index in [4.69, 9.17) is 0 Å². The zero-order valence-corrected chi connectivity index (χ0v) is 12.2. The average Bonchev–Trinajstić information content (AvgIpc) is 2.90. The van der Waals surface area contributed by atoms with Crippen LogP contribution in [0.5, 0.6) is 0 Å². The minimum Gasteiger partial charge on any atom is -0.339 e. The Morgan fingerprint density at radius 2 is 2.10 bits per heavy atom. The number of benzene rings is 1. The van der Waals surface area contributed by atoms with Crippen LogP contribution < -0.4 is 5.32 Å². The molecular formula is C17H24N2O. The zero-order valence-electron chi connectivity index (χ0n) is 12.2. The molecule has 1 N–H and O–H groups in total. The van der Waals surface area contributed by atoms with Crippen molar-refractivity contribution in [2.24, 2.45) is 5.92 Å². The predicted molar refractivity (Wildman–Crippen MR) is 80.6 cm³/mol. The van der Waals surface area contributed by atoms with Crippen molar-refractivity contribution >= 4 is 5.91 Å². The van der Waals surface area contributed by atoms with Gasteiger partial charge in [-0.2, -0.15) is 0 Å². The summed E-state index contributed by atoms with van der Waals surface area (Å²) in [7, 11) is 0. The number of piperidine rings is 1. The molecule has 0 saturated carbocycles. The zero-order chi connectivity index (χ0) is 13.9. The number of amides is 1. The molecule has 0 aliphatic carbocycles. The second-order valence-corrected chi connectivity index (χ2v) is 6.23. The van der Waals surface area contributed by atoms with Crippen molar-refractivity contribution in [2.75, 3.05) is 19.6 Å². The second-order valence-electron chi connectivity index (χ2n) is 6.23. The fourth-order valence-electron chi connectivity index (χ4n) is 3.60. The van der Waals surface area contributed by atoms with E-state index in [9.17, 15) is 4.79 Å². The van der Waals surface area contributed by atoms with Crippen LogP contribution in [0.1, 0.15) is 37.7 Å². The Kier molecular flexibility index (Phi) is 4.06. The molecule has 1 amide bonds. The molecule has 3 nitrogen and oxygen atoms in total. The summed E-state index contributed by atoms with van der Waals surface area (Å²) >= 11 is 0. The molecule has 0 aromatic heterocycles. The van der Waals surface area contributed by atoms with Crippen LogP contribution in [-0.4, -0.2) is 36.5 Å². The third-order valence-corrected chi connectivity index (χ3v) is 4.77. The summed E-state index contributed by atoms with van der Waals surface area (Å²) < 4.78 is 0. The molecule has 2 fully saturated rings. The van der Waals surface area contributed by atoms with Crippen molar-refractivity contribution in [3.8, 4) is 0 Å². The van der Waals surface area contributed by atoms with Gasteiger partial charge in [-0.3, -0.25) is 4.79 Å². The first-order chi connectivity index (χ1) is 9.75. The number of nitrogens with one attached hydrogen (secondary N) is 1. The predicted octanol–water partition coefficient (Wildman–Crippen LogP) is 2.39. The fourth-order valence-corrected chi connectivity index (χ4v) is 3.60. The fraction of sp³-hybridized carbons (Fsp3) is 0.588. The quantitative estimate of drug-likeness (QED) is 0.896. The summed E-state index contributed by atoms with van der Waals surface area (Å²) in [5.74, 6) is 1.07. The highest BCUT2D eigenvalue weighted by atomic mass is 16.2. The third kappa shape index (κ3) is 2.73. The molecule has 20 heavy (non-hydrogen) atoms. The van der Waals surface area contributed by atoms with E-state index in [1.165, 1.54) is 5.56 Å². The Labute approximate surface area is 121 Å². The molecule has 1 aromatic rings. The van der Waals surface area contributed by atoms with Gasteiger partial charge in [0, 0.05) is 25.0 Å². The highest BCUT2D eigenvalue weighted by molar-refractivity contribution is 5.80. The van der Waals surface area contributed by atoms with Crippen LogP contribution in [0.15, 0.2) is 30.3 Å². The lowest BCUT2D eigenvalue weighted by Gasteiger charge is -2.29. The van der Waals surface area contributed by atoms with Gasteiger partial charge in [-0.1, -0.05) is 30.3 Å². The van der Waals surface area contributed by atoms with Gasteiger partial charge in [0.1, 0.15) is 0 Å².